The van der Waals surface area contributed by atoms with Crippen molar-refractivity contribution < 1.29 is 23.9 Å². The number of carbonyl (C=O) groups excluding carboxylic acids is 3. The van der Waals surface area contributed by atoms with Crippen molar-refractivity contribution in [3.8, 4) is 5.75 Å². The Hall–Kier alpha value is -3.35. The third-order valence-electron chi connectivity index (χ3n) is 4.04. The summed E-state index contributed by atoms with van der Waals surface area (Å²) in [6, 6.07) is 13.2. The Morgan fingerprint density at radius 3 is 2.14 bits per heavy atom. The summed E-state index contributed by atoms with van der Waals surface area (Å²) in [6.45, 7) is 5.87. The molecule has 154 valence electrons. The number of ether oxygens (including phenoxy) is 2. The molecule has 2 amide bonds. The van der Waals surface area contributed by atoms with E-state index in [1.165, 1.54) is 6.92 Å². The van der Waals surface area contributed by atoms with Crippen molar-refractivity contribution in [1.29, 1.82) is 0 Å². The maximum Gasteiger partial charge on any atom is 0.308 e. The summed E-state index contributed by atoms with van der Waals surface area (Å²) in [5.74, 6) is -0.200. The Kier molecular flexibility index (Phi) is 8.21. The van der Waals surface area contributed by atoms with Crippen LogP contribution >= 0.6 is 0 Å². The highest BCUT2D eigenvalue weighted by molar-refractivity contribution is 5.96. The van der Waals surface area contributed by atoms with Crippen molar-refractivity contribution in [1.82, 2.24) is 5.32 Å². The van der Waals surface area contributed by atoms with Gasteiger partial charge in [0.15, 0.2) is 0 Å². The number of amides is 2. The fourth-order valence-electron chi connectivity index (χ4n) is 2.75. The highest BCUT2D eigenvalue weighted by Crippen LogP contribution is 2.22. The van der Waals surface area contributed by atoms with Crippen LogP contribution in [0.2, 0.25) is 0 Å². The lowest BCUT2D eigenvalue weighted by molar-refractivity contribution is -0.143. The molecule has 2 rings (SSSR count). The van der Waals surface area contributed by atoms with Crippen LogP contribution in [-0.4, -0.2) is 31.0 Å². The van der Waals surface area contributed by atoms with Crippen LogP contribution in [0, 0.1) is 0 Å². The van der Waals surface area contributed by atoms with Gasteiger partial charge >= 0.3 is 5.97 Å². The smallest absolute Gasteiger partial charge is 0.308 e. The van der Waals surface area contributed by atoms with Crippen LogP contribution in [0.15, 0.2) is 48.5 Å². The first-order chi connectivity index (χ1) is 13.9. The van der Waals surface area contributed by atoms with Gasteiger partial charge in [-0.2, -0.15) is 0 Å². The van der Waals surface area contributed by atoms with Crippen LogP contribution in [-0.2, 0) is 14.3 Å². The van der Waals surface area contributed by atoms with Crippen LogP contribution in [0.4, 0.5) is 5.69 Å². The van der Waals surface area contributed by atoms with Gasteiger partial charge in [0, 0.05) is 18.2 Å². The summed E-state index contributed by atoms with van der Waals surface area (Å²) < 4.78 is 10.5. The van der Waals surface area contributed by atoms with Gasteiger partial charge in [-0.05, 0) is 55.8 Å². The third-order valence-corrected chi connectivity index (χ3v) is 4.04. The Morgan fingerprint density at radius 1 is 0.931 bits per heavy atom. The van der Waals surface area contributed by atoms with E-state index in [0.29, 0.717) is 23.6 Å². The van der Waals surface area contributed by atoms with Crippen molar-refractivity contribution in [2.45, 2.75) is 33.2 Å². The number of rotatable bonds is 9. The number of hydrogen-bond donors (Lipinski definition) is 2. The molecule has 2 aromatic carbocycles. The Bertz CT molecular complexity index is 831. The molecule has 0 heterocycles. The van der Waals surface area contributed by atoms with Gasteiger partial charge in [0.2, 0.25) is 5.91 Å². The molecule has 0 saturated heterocycles. The summed E-state index contributed by atoms with van der Waals surface area (Å²) >= 11 is 0. The van der Waals surface area contributed by atoms with E-state index in [1.54, 1.807) is 43.3 Å². The normalized spacial score (nSPS) is 11.3. The molecule has 0 aliphatic rings. The summed E-state index contributed by atoms with van der Waals surface area (Å²) in [4.78, 5) is 35.8. The van der Waals surface area contributed by atoms with E-state index in [9.17, 15) is 14.4 Å². The van der Waals surface area contributed by atoms with Gasteiger partial charge in [-0.1, -0.05) is 12.1 Å². The van der Waals surface area contributed by atoms with Crippen molar-refractivity contribution in [2.75, 3.05) is 18.5 Å². The van der Waals surface area contributed by atoms with Gasteiger partial charge in [0.25, 0.3) is 5.91 Å². The number of benzene rings is 2. The predicted octanol–water partition coefficient (Wildman–Crippen LogP) is 3.47. The van der Waals surface area contributed by atoms with Crippen molar-refractivity contribution in [3.63, 3.8) is 0 Å². The molecule has 0 aliphatic heterocycles. The molecular formula is C22H26N2O5. The molecule has 0 bridgehead atoms. The highest BCUT2D eigenvalue weighted by Gasteiger charge is 2.20. The molecule has 7 nitrogen and oxygen atoms in total. The van der Waals surface area contributed by atoms with Gasteiger partial charge in [-0.3, -0.25) is 14.4 Å². The quantitative estimate of drug-likeness (QED) is 0.631. The Labute approximate surface area is 170 Å². The van der Waals surface area contributed by atoms with Crippen LogP contribution in [0.3, 0.4) is 0 Å². The zero-order valence-electron chi connectivity index (χ0n) is 16.9. The fourth-order valence-corrected chi connectivity index (χ4v) is 2.75. The van der Waals surface area contributed by atoms with Crippen molar-refractivity contribution in [3.05, 3.63) is 59.7 Å². The molecule has 0 unspecified atom stereocenters. The van der Waals surface area contributed by atoms with Gasteiger partial charge in [0.1, 0.15) is 5.75 Å². The second kappa shape index (κ2) is 10.8. The molecule has 2 N–H and O–H groups in total. The predicted molar refractivity (Wildman–Crippen MR) is 110 cm³/mol. The van der Waals surface area contributed by atoms with E-state index in [4.69, 9.17) is 9.47 Å². The number of hydrogen-bond acceptors (Lipinski definition) is 5. The lowest BCUT2D eigenvalue weighted by Gasteiger charge is -2.19. The maximum absolute atomic E-state index is 12.7. The van der Waals surface area contributed by atoms with E-state index in [0.717, 1.165) is 5.56 Å². The zero-order chi connectivity index (χ0) is 21.2. The molecule has 0 spiro atoms. The Balaban J connectivity index is 2.16. The maximum atomic E-state index is 12.7. The first-order valence-electron chi connectivity index (χ1n) is 9.49. The van der Waals surface area contributed by atoms with E-state index in [2.05, 4.69) is 10.6 Å². The number of carbonyl (C=O) groups is 3. The van der Waals surface area contributed by atoms with Gasteiger partial charge < -0.3 is 20.1 Å². The molecule has 0 aromatic heterocycles. The monoisotopic (exact) mass is 398 g/mol. The second-order valence-corrected chi connectivity index (χ2v) is 6.30. The summed E-state index contributed by atoms with van der Waals surface area (Å²) in [7, 11) is 0. The Morgan fingerprint density at radius 2 is 1.59 bits per heavy atom. The van der Waals surface area contributed by atoms with E-state index in [-0.39, 0.29) is 24.8 Å². The number of esters is 1. The number of anilines is 1. The van der Waals surface area contributed by atoms with Gasteiger partial charge in [0.05, 0.1) is 25.7 Å². The first kappa shape index (κ1) is 21.9. The summed E-state index contributed by atoms with van der Waals surface area (Å²) in [5.41, 5.74) is 1.78. The fraction of sp³-hybridized carbons (Fsp3) is 0.318. The van der Waals surface area contributed by atoms with E-state index in [1.807, 2.05) is 19.1 Å². The largest absolute Gasteiger partial charge is 0.494 e. The second-order valence-electron chi connectivity index (χ2n) is 6.30. The zero-order valence-corrected chi connectivity index (χ0v) is 16.9. The SMILES string of the molecule is CCOC(=O)C[C@@H](NC(=O)c1ccc(NC(C)=O)cc1)c1ccc(OCC)cc1. The summed E-state index contributed by atoms with van der Waals surface area (Å²) in [6.07, 6.45) is 0.0114. The minimum absolute atomic E-state index is 0.0114. The molecule has 0 aliphatic carbocycles. The van der Waals surface area contributed by atoms with Crippen LogP contribution in [0.25, 0.3) is 0 Å². The number of nitrogens with one attached hydrogen (secondary N) is 2. The van der Waals surface area contributed by atoms with Crippen LogP contribution < -0.4 is 15.4 Å². The van der Waals surface area contributed by atoms with Crippen LogP contribution in [0.1, 0.15) is 49.2 Å². The van der Waals surface area contributed by atoms with Gasteiger partial charge in [-0.15, -0.1) is 0 Å². The van der Waals surface area contributed by atoms with Crippen molar-refractivity contribution in [2.24, 2.45) is 0 Å². The van der Waals surface area contributed by atoms with Gasteiger partial charge in [-0.25, -0.2) is 0 Å². The topological polar surface area (TPSA) is 93.7 Å². The molecule has 29 heavy (non-hydrogen) atoms. The minimum Gasteiger partial charge on any atom is -0.494 e. The van der Waals surface area contributed by atoms with E-state index < -0.39 is 12.0 Å². The van der Waals surface area contributed by atoms with E-state index >= 15 is 0 Å². The first-order valence-corrected chi connectivity index (χ1v) is 9.49. The minimum atomic E-state index is -0.549. The average molecular weight is 398 g/mol. The molecule has 7 heteroatoms. The lowest BCUT2D eigenvalue weighted by Crippen LogP contribution is -2.30. The third kappa shape index (κ3) is 6.95. The molecule has 0 radical (unpaired) electrons. The highest BCUT2D eigenvalue weighted by atomic mass is 16.5. The molecular weight excluding hydrogens is 372 g/mol. The summed E-state index contributed by atoms with van der Waals surface area (Å²) in [5, 5.41) is 5.53. The standard InChI is InChI=1S/C22H26N2O5/c1-4-28-19-12-8-16(9-13-19)20(14-21(26)29-5-2)24-22(27)17-6-10-18(11-7-17)23-15(3)25/h6-13,20H,4-5,14H2,1-3H3,(H,23,25)(H,24,27)/t20-/m1/s1. The molecule has 1 atom stereocenters. The molecule has 0 saturated carbocycles. The molecule has 0 fully saturated rings. The molecule has 2 aromatic rings. The average Bonchev–Trinajstić information content (AvgIpc) is 2.68. The lowest BCUT2D eigenvalue weighted by atomic mass is 10.0. The van der Waals surface area contributed by atoms with Crippen LogP contribution in [0.5, 0.6) is 5.75 Å². The van der Waals surface area contributed by atoms with Crippen molar-refractivity contribution >= 4 is 23.5 Å².